The second-order valence-corrected chi connectivity index (χ2v) is 4.62. The fourth-order valence-electron chi connectivity index (χ4n) is 2.01. The van der Waals surface area contributed by atoms with E-state index >= 15 is 0 Å². The summed E-state index contributed by atoms with van der Waals surface area (Å²) in [6, 6.07) is 9.49. The number of hydrogen-bond donors (Lipinski definition) is 1. The number of rotatable bonds is 3. The first kappa shape index (κ1) is 11.8. The summed E-state index contributed by atoms with van der Waals surface area (Å²) >= 11 is 0. The standard InChI is InChI=1S/C14H15N3O2/c18-14(19-12-7-2-1-3-8-12)16-13-9-17(10-15-13)11-5-4-6-11/h1-3,7-11H,4-6H2,(H,16,18). The molecule has 5 heteroatoms. The molecule has 2 aromatic rings. The van der Waals surface area contributed by atoms with Crippen LogP contribution in [-0.4, -0.2) is 15.6 Å². The van der Waals surface area contributed by atoms with Crippen molar-refractivity contribution in [3.63, 3.8) is 0 Å². The van der Waals surface area contributed by atoms with Crippen LogP contribution in [0.3, 0.4) is 0 Å². The van der Waals surface area contributed by atoms with Crippen LogP contribution >= 0.6 is 0 Å². The summed E-state index contributed by atoms with van der Waals surface area (Å²) in [6.07, 6.45) is 6.71. The lowest BCUT2D eigenvalue weighted by Crippen LogP contribution is -2.17. The zero-order valence-electron chi connectivity index (χ0n) is 10.5. The molecule has 0 radical (unpaired) electrons. The number of amides is 1. The maximum atomic E-state index is 11.7. The Kier molecular flexibility index (Phi) is 3.18. The predicted octanol–water partition coefficient (Wildman–Crippen LogP) is 3.22. The van der Waals surface area contributed by atoms with E-state index in [9.17, 15) is 4.79 Å². The SMILES string of the molecule is O=C(Nc1cn(C2CCC2)cn1)Oc1ccccc1. The third-order valence-electron chi connectivity index (χ3n) is 3.28. The summed E-state index contributed by atoms with van der Waals surface area (Å²) in [5.74, 6) is 1.03. The molecule has 1 aromatic carbocycles. The minimum absolute atomic E-state index is 0.512. The number of carbonyl (C=O) groups is 1. The van der Waals surface area contributed by atoms with Crippen LogP contribution in [-0.2, 0) is 0 Å². The van der Waals surface area contributed by atoms with E-state index in [4.69, 9.17) is 4.74 Å². The van der Waals surface area contributed by atoms with Gasteiger partial charge in [-0.15, -0.1) is 0 Å². The van der Waals surface area contributed by atoms with Gasteiger partial charge in [0.05, 0.1) is 6.33 Å². The molecule has 0 atom stereocenters. The average Bonchev–Trinajstić information content (AvgIpc) is 2.76. The molecule has 0 saturated heterocycles. The molecule has 0 spiro atoms. The van der Waals surface area contributed by atoms with Crippen molar-refractivity contribution in [3.8, 4) is 5.75 Å². The summed E-state index contributed by atoms with van der Waals surface area (Å²) in [5, 5.41) is 2.62. The van der Waals surface area contributed by atoms with Gasteiger partial charge in [-0.25, -0.2) is 9.78 Å². The van der Waals surface area contributed by atoms with Gasteiger partial charge in [-0.05, 0) is 31.4 Å². The first-order valence-electron chi connectivity index (χ1n) is 6.38. The molecule has 5 nitrogen and oxygen atoms in total. The van der Waals surface area contributed by atoms with Crippen LogP contribution in [0.4, 0.5) is 10.6 Å². The molecule has 3 rings (SSSR count). The van der Waals surface area contributed by atoms with E-state index in [1.165, 1.54) is 19.3 Å². The number of benzene rings is 1. The Morgan fingerprint density at radius 1 is 1.32 bits per heavy atom. The van der Waals surface area contributed by atoms with Crippen molar-refractivity contribution in [1.29, 1.82) is 0 Å². The number of carbonyl (C=O) groups excluding carboxylic acids is 1. The molecule has 1 N–H and O–H groups in total. The number of aromatic nitrogens is 2. The number of nitrogens with zero attached hydrogens (tertiary/aromatic N) is 2. The third kappa shape index (κ3) is 2.76. The Balaban J connectivity index is 1.58. The highest BCUT2D eigenvalue weighted by molar-refractivity contribution is 5.84. The Hall–Kier alpha value is -2.30. The molecule has 0 unspecified atom stereocenters. The number of anilines is 1. The molecular weight excluding hydrogens is 242 g/mol. The highest BCUT2D eigenvalue weighted by Gasteiger charge is 2.19. The number of ether oxygens (including phenoxy) is 1. The average molecular weight is 257 g/mol. The van der Waals surface area contributed by atoms with Gasteiger partial charge < -0.3 is 9.30 Å². The predicted molar refractivity (Wildman–Crippen MR) is 71.2 cm³/mol. The van der Waals surface area contributed by atoms with E-state index < -0.39 is 6.09 Å². The van der Waals surface area contributed by atoms with E-state index in [2.05, 4.69) is 10.3 Å². The maximum Gasteiger partial charge on any atom is 0.418 e. The van der Waals surface area contributed by atoms with Gasteiger partial charge in [0.2, 0.25) is 0 Å². The van der Waals surface area contributed by atoms with Crippen molar-refractivity contribution in [1.82, 2.24) is 9.55 Å². The maximum absolute atomic E-state index is 11.7. The molecule has 0 bridgehead atoms. The van der Waals surface area contributed by atoms with E-state index in [0.717, 1.165) is 0 Å². The normalized spacial score (nSPS) is 14.7. The van der Waals surface area contributed by atoms with E-state index in [1.807, 2.05) is 29.0 Å². The fourth-order valence-corrected chi connectivity index (χ4v) is 2.01. The summed E-state index contributed by atoms with van der Waals surface area (Å²) in [7, 11) is 0. The summed E-state index contributed by atoms with van der Waals surface area (Å²) < 4.78 is 7.17. The first-order valence-corrected chi connectivity index (χ1v) is 6.38. The van der Waals surface area contributed by atoms with Gasteiger partial charge in [0.15, 0.2) is 5.82 Å². The molecule has 98 valence electrons. The molecule has 1 saturated carbocycles. The largest absolute Gasteiger partial charge is 0.418 e. The van der Waals surface area contributed by atoms with Crippen molar-refractivity contribution in [2.45, 2.75) is 25.3 Å². The molecule has 1 aliphatic carbocycles. The van der Waals surface area contributed by atoms with Gasteiger partial charge in [-0.1, -0.05) is 18.2 Å². The molecular formula is C14H15N3O2. The Morgan fingerprint density at radius 3 is 2.79 bits per heavy atom. The summed E-state index contributed by atoms with van der Waals surface area (Å²) in [5.41, 5.74) is 0. The smallest absolute Gasteiger partial charge is 0.410 e. The van der Waals surface area contributed by atoms with E-state index in [0.29, 0.717) is 17.6 Å². The Labute approximate surface area is 111 Å². The van der Waals surface area contributed by atoms with Gasteiger partial charge in [0, 0.05) is 12.2 Å². The second-order valence-electron chi connectivity index (χ2n) is 4.62. The lowest BCUT2D eigenvalue weighted by atomic mass is 9.93. The van der Waals surface area contributed by atoms with Gasteiger partial charge in [0.1, 0.15) is 5.75 Å². The highest BCUT2D eigenvalue weighted by atomic mass is 16.6. The third-order valence-corrected chi connectivity index (χ3v) is 3.28. The quantitative estimate of drug-likeness (QED) is 0.918. The summed E-state index contributed by atoms with van der Waals surface area (Å²) in [6.45, 7) is 0. The van der Waals surface area contributed by atoms with Crippen molar-refractivity contribution in [2.75, 3.05) is 5.32 Å². The lowest BCUT2D eigenvalue weighted by Gasteiger charge is -2.26. The Bertz CT molecular complexity index is 561. The number of nitrogens with one attached hydrogen (secondary N) is 1. The van der Waals surface area contributed by atoms with Crippen molar-refractivity contribution in [2.24, 2.45) is 0 Å². The highest BCUT2D eigenvalue weighted by Crippen LogP contribution is 2.31. The van der Waals surface area contributed by atoms with Crippen LogP contribution in [0, 0.1) is 0 Å². The fraction of sp³-hybridized carbons (Fsp3) is 0.286. The minimum Gasteiger partial charge on any atom is -0.410 e. The second kappa shape index (κ2) is 5.14. The molecule has 1 fully saturated rings. The number of para-hydroxylation sites is 1. The van der Waals surface area contributed by atoms with Gasteiger partial charge >= 0.3 is 6.09 Å². The minimum atomic E-state index is -0.523. The molecule has 1 aliphatic rings. The number of imidazole rings is 1. The molecule has 19 heavy (non-hydrogen) atoms. The van der Waals surface area contributed by atoms with E-state index in [1.54, 1.807) is 18.5 Å². The zero-order chi connectivity index (χ0) is 13.1. The topological polar surface area (TPSA) is 56.2 Å². The van der Waals surface area contributed by atoms with Crippen molar-refractivity contribution < 1.29 is 9.53 Å². The van der Waals surface area contributed by atoms with E-state index in [-0.39, 0.29) is 0 Å². The summed E-state index contributed by atoms with van der Waals surface area (Å²) in [4.78, 5) is 15.8. The Morgan fingerprint density at radius 2 is 2.11 bits per heavy atom. The van der Waals surface area contributed by atoms with Gasteiger partial charge in [-0.3, -0.25) is 5.32 Å². The van der Waals surface area contributed by atoms with Crippen LogP contribution in [0.15, 0.2) is 42.9 Å². The molecule has 1 heterocycles. The monoisotopic (exact) mass is 257 g/mol. The molecule has 0 aliphatic heterocycles. The van der Waals surface area contributed by atoms with Crippen LogP contribution < -0.4 is 10.1 Å². The zero-order valence-corrected chi connectivity index (χ0v) is 10.5. The van der Waals surface area contributed by atoms with Crippen LogP contribution in [0.25, 0.3) is 0 Å². The first-order chi connectivity index (χ1) is 9.31. The van der Waals surface area contributed by atoms with Crippen LogP contribution in [0.5, 0.6) is 5.75 Å². The lowest BCUT2D eigenvalue weighted by molar-refractivity contribution is 0.215. The van der Waals surface area contributed by atoms with Gasteiger partial charge in [0.25, 0.3) is 0 Å². The van der Waals surface area contributed by atoms with Crippen molar-refractivity contribution in [3.05, 3.63) is 42.9 Å². The number of hydrogen-bond acceptors (Lipinski definition) is 3. The molecule has 1 amide bonds. The van der Waals surface area contributed by atoms with Crippen molar-refractivity contribution >= 4 is 11.9 Å². The van der Waals surface area contributed by atoms with Crippen LogP contribution in [0.2, 0.25) is 0 Å². The van der Waals surface area contributed by atoms with Gasteiger partial charge in [-0.2, -0.15) is 0 Å². The molecule has 1 aromatic heterocycles. The van der Waals surface area contributed by atoms with Crippen LogP contribution in [0.1, 0.15) is 25.3 Å².